The Bertz CT molecular complexity index is 813. The molecule has 1 unspecified atom stereocenters. The third-order valence-corrected chi connectivity index (χ3v) is 6.95. The highest BCUT2D eigenvalue weighted by molar-refractivity contribution is 7.88. The Balaban J connectivity index is 1.55. The maximum absolute atomic E-state index is 12.7. The van der Waals surface area contributed by atoms with E-state index in [4.69, 9.17) is 0 Å². The molecule has 3 rings (SSSR count). The van der Waals surface area contributed by atoms with Gasteiger partial charge >= 0.3 is 0 Å². The molecule has 0 spiro atoms. The summed E-state index contributed by atoms with van der Waals surface area (Å²) in [5, 5.41) is 0. The van der Waals surface area contributed by atoms with Crippen molar-refractivity contribution >= 4 is 10.0 Å². The third-order valence-electron chi connectivity index (χ3n) is 5.10. The zero-order chi connectivity index (χ0) is 18.6. The molecule has 4 nitrogen and oxygen atoms in total. The highest BCUT2D eigenvalue weighted by Gasteiger charge is 2.28. The van der Waals surface area contributed by atoms with Gasteiger partial charge in [0.2, 0.25) is 10.0 Å². The molecule has 5 heteroatoms. The first-order valence-corrected chi connectivity index (χ1v) is 10.9. The number of hydrogen-bond donors (Lipinski definition) is 0. The molecule has 0 amide bonds. The van der Waals surface area contributed by atoms with E-state index >= 15 is 0 Å². The summed E-state index contributed by atoms with van der Waals surface area (Å²) in [6.45, 7) is 6.95. The van der Waals surface area contributed by atoms with Crippen LogP contribution in [0.4, 0.5) is 0 Å². The molecule has 2 aromatic rings. The Morgan fingerprint density at radius 3 is 2.23 bits per heavy atom. The van der Waals surface area contributed by atoms with Crippen molar-refractivity contribution in [3.05, 3.63) is 71.3 Å². The Kier molecular flexibility index (Phi) is 6.12. The number of sulfonamides is 1. The molecule has 0 aromatic heterocycles. The van der Waals surface area contributed by atoms with E-state index in [1.807, 2.05) is 37.3 Å². The maximum atomic E-state index is 12.7. The van der Waals surface area contributed by atoms with Crippen molar-refractivity contribution < 1.29 is 8.42 Å². The molecule has 26 heavy (non-hydrogen) atoms. The van der Waals surface area contributed by atoms with Crippen LogP contribution in [0, 0.1) is 6.92 Å². The quantitative estimate of drug-likeness (QED) is 0.782. The summed E-state index contributed by atoms with van der Waals surface area (Å²) < 4.78 is 27.1. The lowest BCUT2D eigenvalue weighted by atomic mass is 10.1. The molecule has 1 atom stereocenters. The largest absolute Gasteiger partial charge is 0.298 e. The van der Waals surface area contributed by atoms with E-state index in [1.54, 1.807) is 4.31 Å². The lowest BCUT2D eigenvalue weighted by molar-refractivity contribution is 0.145. The van der Waals surface area contributed by atoms with Gasteiger partial charge in [0, 0.05) is 32.2 Å². The molecule has 1 saturated heterocycles. The van der Waals surface area contributed by atoms with Crippen LogP contribution in [0.25, 0.3) is 0 Å². The summed E-state index contributed by atoms with van der Waals surface area (Å²) in [5.74, 6) is 0.0915. The first-order chi connectivity index (χ1) is 12.4. The molecule has 0 aliphatic carbocycles. The van der Waals surface area contributed by atoms with Gasteiger partial charge < -0.3 is 0 Å². The number of aryl methyl sites for hydroxylation is 1. The first kappa shape index (κ1) is 19.1. The molecule has 0 bridgehead atoms. The van der Waals surface area contributed by atoms with Gasteiger partial charge in [-0.05, 0) is 31.4 Å². The Morgan fingerprint density at radius 1 is 0.923 bits per heavy atom. The van der Waals surface area contributed by atoms with Crippen LogP contribution in [0.5, 0.6) is 0 Å². The minimum Gasteiger partial charge on any atom is -0.298 e. The summed E-state index contributed by atoms with van der Waals surface area (Å²) in [5.41, 5.74) is 3.29. The van der Waals surface area contributed by atoms with Crippen molar-refractivity contribution in [2.75, 3.05) is 26.2 Å². The summed E-state index contributed by atoms with van der Waals surface area (Å²) in [4.78, 5) is 2.39. The molecule has 2 aromatic carbocycles. The lowest BCUT2D eigenvalue weighted by Gasteiger charge is -2.37. The van der Waals surface area contributed by atoms with Gasteiger partial charge in [-0.1, -0.05) is 60.2 Å². The Hall–Kier alpha value is -1.69. The van der Waals surface area contributed by atoms with E-state index in [0.717, 1.165) is 30.6 Å². The van der Waals surface area contributed by atoms with Gasteiger partial charge in [0.25, 0.3) is 0 Å². The molecular weight excluding hydrogens is 344 g/mol. The van der Waals surface area contributed by atoms with Crippen molar-refractivity contribution in [1.29, 1.82) is 0 Å². The van der Waals surface area contributed by atoms with Crippen molar-refractivity contribution in [1.82, 2.24) is 9.21 Å². The Morgan fingerprint density at radius 2 is 1.58 bits per heavy atom. The van der Waals surface area contributed by atoms with Crippen LogP contribution < -0.4 is 0 Å². The topological polar surface area (TPSA) is 40.6 Å². The fraction of sp³-hybridized carbons (Fsp3) is 0.429. The molecular formula is C21H28N2O2S. The molecule has 0 saturated carbocycles. The highest BCUT2D eigenvalue weighted by atomic mass is 32.2. The molecule has 1 aliphatic rings. The van der Waals surface area contributed by atoms with Crippen LogP contribution in [0.15, 0.2) is 54.6 Å². The van der Waals surface area contributed by atoms with Crippen LogP contribution in [0.2, 0.25) is 0 Å². The number of nitrogens with zero attached hydrogens (tertiary/aromatic N) is 2. The number of rotatable bonds is 6. The summed E-state index contributed by atoms with van der Waals surface area (Å²) in [7, 11) is -3.25. The zero-order valence-corrected chi connectivity index (χ0v) is 16.5. The van der Waals surface area contributed by atoms with Gasteiger partial charge in [0.15, 0.2) is 0 Å². The first-order valence-electron chi connectivity index (χ1n) is 9.25. The van der Waals surface area contributed by atoms with Crippen LogP contribution in [0.1, 0.15) is 23.6 Å². The molecule has 1 aliphatic heterocycles. The van der Waals surface area contributed by atoms with Crippen LogP contribution in [0.3, 0.4) is 0 Å². The van der Waals surface area contributed by atoms with Crippen LogP contribution in [-0.4, -0.2) is 49.8 Å². The van der Waals surface area contributed by atoms with E-state index in [2.05, 4.69) is 36.1 Å². The normalized spacial score (nSPS) is 17.9. The second-order valence-corrected chi connectivity index (χ2v) is 9.19. The van der Waals surface area contributed by atoms with Gasteiger partial charge in [-0.25, -0.2) is 8.42 Å². The van der Waals surface area contributed by atoms with E-state index in [9.17, 15) is 8.42 Å². The van der Waals surface area contributed by atoms with Crippen molar-refractivity contribution in [2.24, 2.45) is 0 Å². The van der Waals surface area contributed by atoms with Crippen molar-refractivity contribution in [2.45, 2.75) is 32.1 Å². The summed E-state index contributed by atoms with van der Waals surface area (Å²) in [6, 6.07) is 18.6. The van der Waals surface area contributed by atoms with Gasteiger partial charge in [-0.15, -0.1) is 0 Å². The van der Waals surface area contributed by atoms with E-state index < -0.39 is 10.0 Å². The van der Waals surface area contributed by atoms with E-state index in [0.29, 0.717) is 19.1 Å². The molecule has 1 fully saturated rings. The van der Waals surface area contributed by atoms with Gasteiger partial charge in [-0.2, -0.15) is 4.31 Å². The van der Waals surface area contributed by atoms with Gasteiger partial charge in [0.1, 0.15) is 0 Å². The van der Waals surface area contributed by atoms with E-state index in [-0.39, 0.29) is 5.75 Å². The minimum atomic E-state index is -3.25. The average Bonchev–Trinajstić information content (AvgIpc) is 2.62. The molecule has 0 N–H and O–H groups in total. The van der Waals surface area contributed by atoms with Crippen molar-refractivity contribution in [3.8, 4) is 0 Å². The van der Waals surface area contributed by atoms with Crippen molar-refractivity contribution in [3.63, 3.8) is 0 Å². The fourth-order valence-electron chi connectivity index (χ4n) is 3.61. The average molecular weight is 373 g/mol. The lowest BCUT2D eigenvalue weighted by Crippen LogP contribution is -2.51. The Labute approximate surface area is 157 Å². The number of hydrogen-bond acceptors (Lipinski definition) is 3. The maximum Gasteiger partial charge on any atom is 0.218 e. The predicted molar refractivity (Wildman–Crippen MR) is 107 cm³/mol. The van der Waals surface area contributed by atoms with E-state index in [1.165, 1.54) is 5.56 Å². The summed E-state index contributed by atoms with van der Waals surface area (Å²) in [6.07, 6.45) is 0.997. The monoisotopic (exact) mass is 372 g/mol. The van der Waals surface area contributed by atoms with Gasteiger partial charge in [0.05, 0.1) is 5.75 Å². The van der Waals surface area contributed by atoms with Crippen LogP contribution in [-0.2, 0) is 22.2 Å². The molecule has 1 heterocycles. The minimum absolute atomic E-state index is 0.0915. The fourth-order valence-corrected chi connectivity index (χ4v) is 5.11. The summed E-state index contributed by atoms with van der Waals surface area (Å²) >= 11 is 0. The van der Waals surface area contributed by atoms with Crippen LogP contribution >= 0.6 is 0 Å². The SMILES string of the molecule is Cc1cccc(CS(=O)(=O)N2CCN(C(C)Cc3ccccc3)CC2)c1. The highest BCUT2D eigenvalue weighted by Crippen LogP contribution is 2.17. The standard InChI is InChI=1S/C21H28N2O2S/c1-18-7-6-10-21(15-18)17-26(24,25)23-13-11-22(12-14-23)19(2)16-20-8-4-3-5-9-20/h3-10,15,19H,11-14,16-17H2,1-2H3. The second kappa shape index (κ2) is 8.33. The molecule has 0 radical (unpaired) electrons. The van der Waals surface area contributed by atoms with Gasteiger partial charge in [-0.3, -0.25) is 4.90 Å². The second-order valence-electron chi connectivity index (χ2n) is 7.22. The molecule has 140 valence electrons. The number of piperazine rings is 1. The number of benzene rings is 2. The predicted octanol–water partition coefficient (Wildman–Crippen LogP) is 3.07. The third kappa shape index (κ3) is 4.93. The zero-order valence-electron chi connectivity index (χ0n) is 15.6. The smallest absolute Gasteiger partial charge is 0.218 e.